The summed E-state index contributed by atoms with van der Waals surface area (Å²) >= 11 is 0. The number of nitrogens with zero attached hydrogens (tertiary/aromatic N) is 3. The normalized spacial score (nSPS) is 13.6. The second-order valence-corrected chi connectivity index (χ2v) is 7.79. The molecule has 1 saturated heterocycles. The van der Waals surface area contributed by atoms with Crippen molar-refractivity contribution in [3.05, 3.63) is 78.0 Å². The molecule has 2 heterocycles. The Kier molecular flexibility index (Phi) is 7.04. The predicted molar refractivity (Wildman–Crippen MR) is 129 cm³/mol. The molecule has 170 valence electrons. The zero-order valence-electron chi connectivity index (χ0n) is 18.5. The number of nitrogens with two attached hydrogens (primary N) is 1. The van der Waals surface area contributed by atoms with Crippen molar-refractivity contribution in [1.29, 1.82) is 0 Å². The number of amidine groups is 1. The monoisotopic (exact) mass is 445 g/mol. The van der Waals surface area contributed by atoms with E-state index in [-0.39, 0.29) is 18.3 Å². The maximum atomic E-state index is 12.3. The molecule has 0 spiro atoms. The van der Waals surface area contributed by atoms with Gasteiger partial charge in [-0.05, 0) is 61.7 Å². The number of benzene rings is 2. The van der Waals surface area contributed by atoms with Gasteiger partial charge in [0.05, 0.1) is 0 Å². The Morgan fingerprint density at radius 3 is 2.61 bits per heavy atom. The molecule has 0 saturated carbocycles. The summed E-state index contributed by atoms with van der Waals surface area (Å²) in [6.45, 7) is 3.88. The van der Waals surface area contributed by atoms with Gasteiger partial charge in [0.2, 0.25) is 5.88 Å². The number of aryl methyl sites for hydroxylation is 1. The van der Waals surface area contributed by atoms with Crippen LogP contribution < -0.4 is 20.7 Å². The Bertz CT molecular complexity index is 1110. The molecule has 0 aliphatic carbocycles. The van der Waals surface area contributed by atoms with Gasteiger partial charge in [-0.3, -0.25) is 4.79 Å². The Morgan fingerprint density at radius 2 is 1.91 bits per heavy atom. The standard InChI is InChI=1S/C25H27N5O3/c1-18-15-20(30-13-5-6-14-30)10-11-22(18)28-23(31)17-32-29-25(26)19-9-12-24(27-16-19)33-21-7-3-2-4-8-21/h2-4,7-12,15-16H,5-6,13-14,17H2,1H3,(H2,26,29)(H,28,31). The van der Waals surface area contributed by atoms with Crippen molar-refractivity contribution in [3.8, 4) is 11.6 Å². The number of para-hydroxylation sites is 1. The number of anilines is 2. The predicted octanol–water partition coefficient (Wildman–Crippen LogP) is 4.06. The van der Waals surface area contributed by atoms with Gasteiger partial charge in [0.25, 0.3) is 5.91 Å². The minimum absolute atomic E-state index is 0.118. The lowest BCUT2D eigenvalue weighted by atomic mass is 10.1. The molecule has 0 bridgehead atoms. The number of hydrogen-bond acceptors (Lipinski definition) is 6. The molecule has 1 aromatic heterocycles. The van der Waals surface area contributed by atoms with Gasteiger partial charge < -0.3 is 25.5 Å². The molecule has 8 heteroatoms. The third-order valence-electron chi connectivity index (χ3n) is 5.31. The number of rotatable bonds is 8. The van der Waals surface area contributed by atoms with Crippen LogP contribution in [0.3, 0.4) is 0 Å². The second kappa shape index (κ2) is 10.5. The van der Waals surface area contributed by atoms with Crippen LogP contribution in [0.5, 0.6) is 11.6 Å². The first-order valence-electron chi connectivity index (χ1n) is 10.9. The highest BCUT2D eigenvalue weighted by atomic mass is 16.6. The minimum Gasteiger partial charge on any atom is -0.439 e. The molecule has 2 aromatic carbocycles. The molecular weight excluding hydrogens is 418 g/mol. The van der Waals surface area contributed by atoms with Crippen LogP contribution >= 0.6 is 0 Å². The van der Waals surface area contributed by atoms with Gasteiger partial charge in [-0.25, -0.2) is 4.98 Å². The average molecular weight is 446 g/mol. The van der Waals surface area contributed by atoms with Crippen molar-refractivity contribution in [1.82, 2.24) is 4.98 Å². The average Bonchev–Trinajstić information content (AvgIpc) is 3.36. The van der Waals surface area contributed by atoms with E-state index >= 15 is 0 Å². The van der Waals surface area contributed by atoms with Crippen molar-refractivity contribution >= 4 is 23.1 Å². The van der Waals surface area contributed by atoms with E-state index in [0.717, 1.165) is 24.3 Å². The Morgan fingerprint density at radius 1 is 1.12 bits per heavy atom. The van der Waals surface area contributed by atoms with E-state index in [4.69, 9.17) is 15.3 Å². The fraction of sp³-hybridized carbons (Fsp3) is 0.240. The van der Waals surface area contributed by atoms with E-state index in [1.807, 2.05) is 49.4 Å². The van der Waals surface area contributed by atoms with Gasteiger partial charge in [-0.1, -0.05) is 23.4 Å². The molecule has 0 unspecified atom stereocenters. The summed E-state index contributed by atoms with van der Waals surface area (Å²) in [5.74, 6) is 0.930. The fourth-order valence-corrected chi connectivity index (χ4v) is 3.56. The lowest BCUT2D eigenvalue weighted by molar-refractivity contribution is -0.120. The Hall–Kier alpha value is -4.07. The van der Waals surface area contributed by atoms with Crippen LogP contribution in [0.15, 0.2) is 72.0 Å². The molecule has 4 rings (SSSR count). The lowest BCUT2D eigenvalue weighted by Gasteiger charge is -2.19. The van der Waals surface area contributed by atoms with Crippen LogP contribution in [-0.4, -0.2) is 36.4 Å². The maximum Gasteiger partial charge on any atom is 0.265 e. The van der Waals surface area contributed by atoms with Gasteiger partial charge in [0, 0.05) is 42.3 Å². The van der Waals surface area contributed by atoms with Crippen molar-refractivity contribution in [3.63, 3.8) is 0 Å². The molecule has 1 fully saturated rings. The molecule has 0 atom stereocenters. The maximum absolute atomic E-state index is 12.3. The van der Waals surface area contributed by atoms with Crippen LogP contribution in [0.1, 0.15) is 24.0 Å². The number of carbonyl (C=O) groups excluding carboxylic acids is 1. The number of hydrogen-bond donors (Lipinski definition) is 2. The Balaban J connectivity index is 1.27. The van der Waals surface area contributed by atoms with Crippen molar-refractivity contribution in [2.24, 2.45) is 10.9 Å². The number of amides is 1. The van der Waals surface area contributed by atoms with E-state index in [2.05, 4.69) is 26.4 Å². The molecule has 1 aliphatic heterocycles. The summed E-state index contributed by atoms with van der Waals surface area (Å²) < 4.78 is 5.65. The summed E-state index contributed by atoms with van der Waals surface area (Å²) in [6.07, 6.45) is 3.98. The van der Waals surface area contributed by atoms with E-state index < -0.39 is 0 Å². The van der Waals surface area contributed by atoms with Gasteiger partial charge in [0.1, 0.15) is 5.75 Å². The van der Waals surface area contributed by atoms with Crippen molar-refractivity contribution < 1.29 is 14.4 Å². The van der Waals surface area contributed by atoms with Crippen LogP contribution in [0, 0.1) is 6.92 Å². The first-order chi connectivity index (χ1) is 16.1. The molecule has 3 N–H and O–H groups in total. The van der Waals surface area contributed by atoms with Crippen LogP contribution in [0.2, 0.25) is 0 Å². The third kappa shape index (κ3) is 6.00. The summed E-state index contributed by atoms with van der Waals surface area (Å²) in [6, 6.07) is 18.8. The SMILES string of the molecule is Cc1cc(N2CCCC2)ccc1NC(=O)CO/N=C(/N)c1ccc(Oc2ccccc2)nc1. The summed E-state index contributed by atoms with van der Waals surface area (Å²) in [5.41, 5.74) is 9.44. The second-order valence-electron chi connectivity index (χ2n) is 7.79. The van der Waals surface area contributed by atoms with Gasteiger partial charge >= 0.3 is 0 Å². The van der Waals surface area contributed by atoms with E-state index in [9.17, 15) is 4.79 Å². The van der Waals surface area contributed by atoms with Gasteiger partial charge in [0.15, 0.2) is 12.4 Å². The Labute approximate surface area is 193 Å². The quantitative estimate of drug-likeness (QED) is 0.308. The van der Waals surface area contributed by atoms with E-state index in [0.29, 0.717) is 17.2 Å². The van der Waals surface area contributed by atoms with Crippen molar-refractivity contribution in [2.45, 2.75) is 19.8 Å². The molecule has 3 aromatic rings. The van der Waals surface area contributed by atoms with Gasteiger partial charge in [-0.15, -0.1) is 0 Å². The first-order valence-corrected chi connectivity index (χ1v) is 10.9. The molecule has 8 nitrogen and oxygen atoms in total. The smallest absolute Gasteiger partial charge is 0.265 e. The highest BCUT2D eigenvalue weighted by molar-refractivity contribution is 5.97. The summed E-state index contributed by atoms with van der Waals surface area (Å²) in [4.78, 5) is 24.0. The summed E-state index contributed by atoms with van der Waals surface area (Å²) in [5, 5.41) is 6.68. The van der Waals surface area contributed by atoms with Crippen LogP contribution in [0.4, 0.5) is 11.4 Å². The molecule has 0 radical (unpaired) electrons. The van der Waals surface area contributed by atoms with Crippen molar-refractivity contribution in [2.75, 3.05) is 29.9 Å². The van der Waals surface area contributed by atoms with E-state index in [1.165, 1.54) is 24.7 Å². The highest BCUT2D eigenvalue weighted by Gasteiger charge is 2.14. The number of carbonyl (C=O) groups is 1. The minimum atomic E-state index is -0.312. The first kappa shape index (κ1) is 22.1. The van der Waals surface area contributed by atoms with E-state index in [1.54, 1.807) is 12.1 Å². The fourth-order valence-electron chi connectivity index (χ4n) is 3.56. The number of oxime groups is 1. The lowest BCUT2D eigenvalue weighted by Crippen LogP contribution is -2.20. The highest BCUT2D eigenvalue weighted by Crippen LogP contribution is 2.25. The largest absolute Gasteiger partial charge is 0.439 e. The number of aromatic nitrogens is 1. The zero-order valence-corrected chi connectivity index (χ0v) is 18.5. The molecule has 1 amide bonds. The molecule has 1 aliphatic rings. The topological polar surface area (TPSA) is 102 Å². The molecule has 33 heavy (non-hydrogen) atoms. The number of ether oxygens (including phenoxy) is 1. The number of pyridine rings is 1. The zero-order chi connectivity index (χ0) is 23.0. The number of nitrogens with one attached hydrogen (secondary N) is 1. The molecular formula is C25H27N5O3. The van der Waals surface area contributed by atoms with Gasteiger partial charge in [-0.2, -0.15) is 0 Å². The van der Waals surface area contributed by atoms with Crippen LogP contribution in [0.25, 0.3) is 0 Å². The third-order valence-corrected chi connectivity index (χ3v) is 5.31. The summed E-state index contributed by atoms with van der Waals surface area (Å²) in [7, 11) is 0. The van der Waals surface area contributed by atoms with Crippen LogP contribution in [-0.2, 0) is 9.63 Å².